The third-order valence-corrected chi connectivity index (χ3v) is 3.10. The van der Waals surface area contributed by atoms with E-state index in [1.807, 2.05) is 0 Å². The minimum absolute atomic E-state index is 0.164. The highest BCUT2D eigenvalue weighted by atomic mass is 16.4. The maximum Gasteiger partial charge on any atom is 0.109 e. The summed E-state index contributed by atoms with van der Waals surface area (Å²) in [5, 5.41) is 47.2. The van der Waals surface area contributed by atoms with Crippen LogP contribution in [0.4, 0.5) is 0 Å². The van der Waals surface area contributed by atoms with Crippen molar-refractivity contribution in [1.82, 2.24) is 4.90 Å². The van der Waals surface area contributed by atoms with Crippen molar-refractivity contribution in [2.45, 2.75) is 36.6 Å². The number of aliphatic hydroxyl groups excluding tert-OH is 5. The van der Waals surface area contributed by atoms with Crippen LogP contribution in [0.2, 0.25) is 0 Å². The molecule has 0 amide bonds. The lowest BCUT2D eigenvalue weighted by Crippen LogP contribution is -2.61. The maximum atomic E-state index is 9.58. The molecule has 82 valence electrons. The van der Waals surface area contributed by atoms with Gasteiger partial charge in [0.1, 0.15) is 12.2 Å². The lowest BCUT2D eigenvalue weighted by Gasteiger charge is -2.40. The Kier molecular flexibility index (Phi) is 2.50. The van der Waals surface area contributed by atoms with Crippen molar-refractivity contribution in [2.24, 2.45) is 0 Å². The summed E-state index contributed by atoms with van der Waals surface area (Å²) in [7, 11) is 0. The van der Waals surface area contributed by atoms with Gasteiger partial charge in [0, 0.05) is 13.1 Å². The molecule has 2 fully saturated rings. The Hall–Kier alpha value is -0.240. The number of fused-ring (bicyclic) bond motifs is 1. The molecule has 0 aromatic heterocycles. The number of hydrogen-bond donors (Lipinski definition) is 5. The van der Waals surface area contributed by atoms with Crippen LogP contribution in [0.1, 0.15) is 0 Å². The van der Waals surface area contributed by atoms with Crippen LogP contribution in [0.25, 0.3) is 0 Å². The van der Waals surface area contributed by atoms with Gasteiger partial charge in [-0.05, 0) is 0 Å². The van der Waals surface area contributed by atoms with Crippen molar-refractivity contribution in [2.75, 3.05) is 13.1 Å². The lowest BCUT2D eigenvalue weighted by molar-refractivity contribution is -0.142. The first-order valence-electron chi connectivity index (χ1n) is 4.66. The molecule has 14 heavy (non-hydrogen) atoms. The molecule has 6 nitrogen and oxygen atoms in total. The second-order valence-corrected chi connectivity index (χ2v) is 4.05. The molecule has 5 N–H and O–H groups in total. The van der Waals surface area contributed by atoms with E-state index < -0.39 is 36.6 Å². The van der Waals surface area contributed by atoms with Gasteiger partial charge in [0.25, 0.3) is 0 Å². The van der Waals surface area contributed by atoms with Crippen LogP contribution in [-0.4, -0.2) is 80.1 Å². The van der Waals surface area contributed by atoms with Crippen LogP contribution < -0.4 is 0 Å². The van der Waals surface area contributed by atoms with Crippen LogP contribution >= 0.6 is 0 Å². The van der Waals surface area contributed by atoms with Gasteiger partial charge in [0.05, 0.1) is 24.4 Å². The summed E-state index contributed by atoms with van der Waals surface area (Å²) in [6.45, 7) is 0.379. The second kappa shape index (κ2) is 3.41. The van der Waals surface area contributed by atoms with E-state index >= 15 is 0 Å². The Morgan fingerprint density at radius 3 is 1.79 bits per heavy atom. The molecule has 6 atom stereocenters. The first kappa shape index (κ1) is 10.3. The van der Waals surface area contributed by atoms with Gasteiger partial charge < -0.3 is 25.5 Å². The average molecular weight is 205 g/mol. The summed E-state index contributed by atoms with van der Waals surface area (Å²) in [5.41, 5.74) is 0. The van der Waals surface area contributed by atoms with Crippen LogP contribution in [0.15, 0.2) is 0 Å². The van der Waals surface area contributed by atoms with Crippen molar-refractivity contribution in [1.29, 1.82) is 0 Å². The third-order valence-electron chi connectivity index (χ3n) is 3.10. The molecule has 2 aliphatic rings. The van der Waals surface area contributed by atoms with Gasteiger partial charge in [-0.1, -0.05) is 0 Å². The monoisotopic (exact) mass is 205 g/mol. The molecule has 2 saturated heterocycles. The van der Waals surface area contributed by atoms with Gasteiger partial charge in [0.2, 0.25) is 0 Å². The zero-order chi connectivity index (χ0) is 10.5. The molecule has 0 saturated carbocycles. The van der Waals surface area contributed by atoms with Crippen molar-refractivity contribution >= 4 is 0 Å². The summed E-state index contributed by atoms with van der Waals surface area (Å²) < 4.78 is 0. The minimum Gasteiger partial charge on any atom is -0.389 e. The quantitative estimate of drug-likeness (QED) is 0.281. The second-order valence-electron chi connectivity index (χ2n) is 4.05. The molecule has 0 aromatic rings. The Labute approximate surface area is 81.0 Å². The number of rotatable bonds is 0. The van der Waals surface area contributed by atoms with Crippen LogP contribution in [0, 0.1) is 0 Å². The normalized spacial score (nSPS) is 54.6. The first-order chi connectivity index (χ1) is 6.52. The first-order valence-corrected chi connectivity index (χ1v) is 4.66. The van der Waals surface area contributed by atoms with Gasteiger partial charge >= 0.3 is 0 Å². The van der Waals surface area contributed by atoms with E-state index in [4.69, 9.17) is 0 Å². The SMILES string of the molecule is O[C@@H]1[C@H](O)[C@H]2[C@H](O)[C@@H](O)CN2C[C@H]1O. The number of piperidine rings is 1. The molecular formula is C8H15NO5. The molecule has 0 unspecified atom stereocenters. The van der Waals surface area contributed by atoms with E-state index in [2.05, 4.69) is 0 Å². The molecule has 2 heterocycles. The van der Waals surface area contributed by atoms with E-state index in [-0.39, 0.29) is 13.1 Å². The Bertz CT molecular complexity index is 224. The summed E-state index contributed by atoms with van der Waals surface area (Å²) in [6, 6.07) is -0.677. The van der Waals surface area contributed by atoms with Gasteiger partial charge in [-0.2, -0.15) is 0 Å². The predicted octanol–water partition coefficient (Wildman–Crippen LogP) is -3.51. The van der Waals surface area contributed by atoms with E-state index in [9.17, 15) is 25.5 Å². The number of hydrogen-bond acceptors (Lipinski definition) is 6. The number of aliphatic hydroxyl groups is 5. The summed E-state index contributed by atoms with van der Waals surface area (Å²) in [4.78, 5) is 1.59. The Morgan fingerprint density at radius 2 is 1.21 bits per heavy atom. The summed E-state index contributed by atoms with van der Waals surface area (Å²) in [6.07, 6.45) is -5.49. The van der Waals surface area contributed by atoms with Crippen molar-refractivity contribution in [3.63, 3.8) is 0 Å². The largest absolute Gasteiger partial charge is 0.389 e. The van der Waals surface area contributed by atoms with Crippen molar-refractivity contribution in [3.8, 4) is 0 Å². The summed E-state index contributed by atoms with van der Waals surface area (Å²) in [5.74, 6) is 0. The molecule has 0 spiro atoms. The zero-order valence-corrected chi connectivity index (χ0v) is 7.56. The molecule has 2 rings (SSSR count). The fraction of sp³-hybridized carbons (Fsp3) is 1.00. The minimum atomic E-state index is -1.25. The van der Waals surface area contributed by atoms with Gasteiger partial charge in [-0.25, -0.2) is 0 Å². The molecular weight excluding hydrogens is 190 g/mol. The lowest BCUT2D eigenvalue weighted by atomic mass is 9.93. The fourth-order valence-electron chi connectivity index (χ4n) is 2.31. The topological polar surface area (TPSA) is 104 Å². The predicted molar refractivity (Wildman–Crippen MR) is 45.4 cm³/mol. The van der Waals surface area contributed by atoms with E-state index in [1.54, 1.807) is 4.90 Å². The fourth-order valence-corrected chi connectivity index (χ4v) is 2.31. The van der Waals surface area contributed by atoms with Gasteiger partial charge in [-0.3, -0.25) is 4.90 Å². The van der Waals surface area contributed by atoms with E-state index in [1.165, 1.54) is 0 Å². The Balaban J connectivity index is 2.18. The highest BCUT2D eigenvalue weighted by Crippen LogP contribution is 2.28. The molecule has 6 heteroatoms. The van der Waals surface area contributed by atoms with Gasteiger partial charge in [0.15, 0.2) is 0 Å². The average Bonchev–Trinajstić information content (AvgIpc) is 2.39. The van der Waals surface area contributed by atoms with E-state index in [0.717, 1.165) is 0 Å². The molecule has 0 radical (unpaired) electrons. The highest BCUT2D eigenvalue weighted by molar-refractivity contribution is 5.04. The Morgan fingerprint density at radius 1 is 0.714 bits per heavy atom. The third kappa shape index (κ3) is 1.35. The zero-order valence-electron chi connectivity index (χ0n) is 7.56. The molecule has 2 aliphatic heterocycles. The molecule has 0 bridgehead atoms. The van der Waals surface area contributed by atoms with Crippen LogP contribution in [0.5, 0.6) is 0 Å². The summed E-state index contributed by atoms with van der Waals surface area (Å²) >= 11 is 0. The van der Waals surface area contributed by atoms with E-state index in [0.29, 0.717) is 0 Å². The molecule has 0 aliphatic carbocycles. The smallest absolute Gasteiger partial charge is 0.109 e. The van der Waals surface area contributed by atoms with Crippen LogP contribution in [0.3, 0.4) is 0 Å². The van der Waals surface area contributed by atoms with Crippen molar-refractivity contribution in [3.05, 3.63) is 0 Å². The number of nitrogens with zero attached hydrogens (tertiary/aromatic N) is 1. The maximum absolute atomic E-state index is 9.58. The van der Waals surface area contributed by atoms with Gasteiger partial charge in [-0.15, -0.1) is 0 Å². The standard InChI is InChI=1S/C8H15NO5/c10-3-1-9-2-4(11)7(13)8(14)5(9)6(3)12/h3-8,10-14H,1-2H2/t3-,4+,5+,6+,7-,8+/m0/s1. The highest BCUT2D eigenvalue weighted by Gasteiger charge is 2.51. The van der Waals surface area contributed by atoms with Crippen LogP contribution in [-0.2, 0) is 0 Å². The molecule has 0 aromatic carbocycles. The van der Waals surface area contributed by atoms with Crippen molar-refractivity contribution < 1.29 is 25.5 Å².